The molecule has 2 aromatic carbocycles. The van der Waals surface area contributed by atoms with Crippen molar-refractivity contribution in [2.75, 3.05) is 6.54 Å². The van der Waals surface area contributed by atoms with Crippen molar-refractivity contribution in [1.29, 1.82) is 0 Å². The summed E-state index contributed by atoms with van der Waals surface area (Å²) in [6, 6.07) is 11.8. The molecule has 0 aliphatic carbocycles. The molecule has 0 unspecified atom stereocenters. The second kappa shape index (κ2) is 7.37. The number of alkyl halides is 3. The van der Waals surface area contributed by atoms with Crippen molar-refractivity contribution in [1.82, 2.24) is 4.98 Å². The summed E-state index contributed by atoms with van der Waals surface area (Å²) in [6.45, 7) is 0.578. The van der Waals surface area contributed by atoms with Crippen LogP contribution >= 0.6 is 22.6 Å². The Balaban J connectivity index is 2.16. The molecule has 0 spiro atoms. The first kappa shape index (κ1) is 18.3. The molecule has 0 aliphatic heterocycles. The van der Waals surface area contributed by atoms with Gasteiger partial charge in [0.1, 0.15) is 0 Å². The van der Waals surface area contributed by atoms with Gasteiger partial charge in [-0.3, -0.25) is 0 Å². The van der Waals surface area contributed by atoms with Gasteiger partial charge in [0, 0.05) is 20.2 Å². The predicted octanol–water partition coefficient (Wildman–Crippen LogP) is 5.74. The third kappa shape index (κ3) is 4.00. The number of nitrogens with two attached hydrogens (primary N) is 1. The number of hydrogen-bond donors (Lipinski definition) is 2. The standard InChI is InChI=1S/C19H18F3IN2/c20-19(21,22)13-7-8-17-16(11-13)15(6-1-2-9-24)18(25-17)12-4-3-5-14(23)10-12/h3-5,7-8,10-11,25H,1-2,6,9,24H2. The van der Waals surface area contributed by atoms with E-state index in [2.05, 4.69) is 27.6 Å². The highest BCUT2D eigenvalue weighted by Gasteiger charge is 2.31. The largest absolute Gasteiger partial charge is 0.416 e. The van der Waals surface area contributed by atoms with Crippen molar-refractivity contribution in [3.8, 4) is 11.3 Å². The van der Waals surface area contributed by atoms with Crippen molar-refractivity contribution in [3.05, 3.63) is 57.2 Å². The first-order valence-electron chi connectivity index (χ1n) is 8.08. The molecule has 1 aromatic heterocycles. The van der Waals surface area contributed by atoms with E-state index in [4.69, 9.17) is 5.73 Å². The molecule has 0 amide bonds. The van der Waals surface area contributed by atoms with Gasteiger partial charge >= 0.3 is 6.18 Å². The molecule has 3 rings (SSSR count). The van der Waals surface area contributed by atoms with E-state index in [1.54, 1.807) is 0 Å². The molecule has 132 valence electrons. The molecular formula is C19H18F3IN2. The Morgan fingerprint density at radius 1 is 1.04 bits per heavy atom. The Hall–Kier alpha value is -1.54. The zero-order chi connectivity index (χ0) is 18.0. The van der Waals surface area contributed by atoms with Gasteiger partial charge in [-0.1, -0.05) is 12.1 Å². The lowest BCUT2D eigenvalue weighted by Crippen LogP contribution is -2.04. The van der Waals surface area contributed by atoms with E-state index < -0.39 is 11.7 Å². The number of nitrogens with one attached hydrogen (secondary N) is 1. The third-order valence-electron chi connectivity index (χ3n) is 4.23. The quantitative estimate of drug-likeness (QED) is 0.372. The molecule has 6 heteroatoms. The van der Waals surface area contributed by atoms with E-state index in [0.29, 0.717) is 18.4 Å². The van der Waals surface area contributed by atoms with Crippen molar-refractivity contribution in [3.63, 3.8) is 0 Å². The Morgan fingerprint density at radius 2 is 1.84 bits per heavy atom. The average molecular weight is 458 g/mol. The maximum Gasteiger partial charge on any atom is 0.416 e. The van der Waals surface area contributed by atoms with Crippen molar-refractivity contribution in [2.45, 2.75) is 25.4 Å². The first-order chi connectivity index (χ1) is 11.9. The summed E-state index contributed by atoms with van der Waals surface area (Å²) < 4.78 is 40.4. The molecule has 0 fully saturated rings. The summed E-state index contributed by atoms with van der Waals surface area (Å²) in [6.07, 6.45) is -1.96. The van der Waals surface area contributed by atoms with E-state index in [1.807, 2.05) is 24.3 Å². The highest BCUT2D eigenvalue weighted by Crippen LogP contribution is 2.36. The van der Waals surface area contributed by atoms with Crippen LogP contribution in [0.3, 0.4) is 0 Å². The Labute approximate surface area is 157 Å². The van der Waals surface area contributed by atoms with Crippen molar-refractivity contribution in [2.24, 2.45) is 5.73 Å². The topological polar surface area (TPSA) is 41.8 Å². The van der Waals surface area contributed by atoms with E-state index in [9.17, 15) is 13.2 Å². The zero-order valence-corrected chi connectivity index (χ0v) is 15.6. The van der Waals surface area contributed by atoms with Crippen LogP contribution < -0.4 is 5.73 Å². The van der Waals surface area contributed by atoms with Gasteiger partial charge in [0.15, 0.2) is 0 Å². The molecule has 0 bridgehead atoms. The number of unbranched alkanes of at least 4 members (excludes halogenated alkanes) is 1. The summed E-state index contributed by atoms with van der Waals surface area (Å²) in [5.41, 5.74) is 8.49. The van der Waals surface area contributed by atoms with Crippen LogP contribution in [0.2, 0.25) is 0 Å². The number of hydrogen-bond acceptors (Lipinski definition) is 1. The Bertz CT molecular complexity index is 884. The fourth-order valence-corrected chi connectivity index (χ4v) is 3.56. The van der Waals surface area contributed by atoms with Crippen molar-refractivity contribution >= 4 is 33.5 Å². The zero-order valence-electron chi connectivity index (χ0n) is 13.5. The molecular weight excluding hydrogens is 440 g/mol. The van der Waals surface area contributed by atoms with Crippen LogP contribution in [0, 0.1) is 3.57 Å². The first-order valence-corrected chi connectivity index (χ1v) is 9.16. The van der Waals surface area contributed by atoms with Crippen LogP contribution in [-0.2, 0) is 12.6 Å². The number of rotatable bonds is 5. The van der Waals surface area contributed by atoms with Gasteiger partial charge in [-0.15, -0.1) is 0 Å². The van der Waals surface area contributed by atoms with Gasteiger partial charge in [-0.05, 0) is 89.9 Å². The van der Waals surface area contributed by atoms with Gasteiger partial charge in [0.25, 0.3) is 0 Å². The van der Waals surface area contributed by atoms with E-state index in [0.717, 1.165) is 44.8 Å². The number of aromatic nitrogens is 1. The molecule has 0 saturated carbocycles. The SMILES string of the molecule is NCCCCc1c(-c2cccc(I)c2)[nH]c2ccc(C(F)(F)F)cc12. The average Bonchev–Trinajstić information content (AvgIpc) is 2.92. The molecule has 0 aliphatic rings. The van der Waals surface area contributed by atoms with Crippen molar-refractivity contribution < 1.29 is 13.2 Å². The third-order valence-corrected chi connectivity index (χ3v) is 4.90. The van der Waals surface area contributed by atoms with E-state index in [-0.39, 0.29) is 0 Å². The van der Waals surface area contributed by atoms with Gasteiger partial charge in [0.2, 0.25) is 0 Å². The summed E-state index contributed by atoms with van der Waals surface area (Å²) in [4.78, 5) is 3.31. The normalized spacial score (nSPS) is 12.0. The Morgan fingerprint density at radius 3 is 2.52 bits per heavy atom. The fourth-order valence-electron chi connectivity index (χ4n) is 3.02. The predicted molar refractivity (Wildman–Crippen MR) is 103 cm³/mol. The molecule has 3 aromatic rings. The number of aromatic amines is 1. The molecule has 3 N–H and O–H groups in total. The number of H-pyrrole nitrogens is 1. The molecule has 2 nitrogen and oxygen atoms in total. The highest BCUT2D eigenvalue weighted by molar-refractivity contribution is 14.1. The number of fused-ring (bicyclic) bond motifs is 1. The van der Waals surface area contributed by atoms with E-state index >= 15 is 0 Å². The van der Waals surface area contributed by atoms with E-state index in [1.165, 1.54) is 12.1 Å². The highest BCUT2D eigenvalue weighted by atomic mass is 127. The van der Waals surface area contributed by atoms with Gasteiger partial charge in [-0.25, -0.2) is 0 Å². The summed E-state index contributed by atoms with van der Waals surface area (Å²) in [5, 5.41) is 0.640. The fraction of sp³-hybridized carbons (Fsp3) is 0.263. The van der Waals surface area contributed by atoms with Gasteiger partial charge < -0.3 is 10.7 Å². The summed E-state index contributed by atoms with van der Waals surface area (Å²) >= 11 is 2.23. The second-order valence-corrected chi connectivity index (χ2v) is 7.24. The maximum atomic E-state index is 13.1. The van der Waals surface area contributed by atoms with Gasteiger partial charge in [0.05, 0.1) is 5.56 Å². The Kier molecular flexibility index (Phi) is 5.38. The van der Waals surface area contributed by atoms with Crippen LogP contribution in [0.15, 0.2) is 42.5 Å². The number of halogens is 4. The minimum absolute atomic E-state index is 0.578. The lowest BCUT2D eigenvalue weighted by atomic mass is 9.99. The lowest BCUT2D eigenvalue weighted by Gasteiger charge is -2.08. The minimum atomic E-state index is -4.34. The van der Waals surface area contributed by atoms with Crippen LogP contribution in [0.25, 0.3) is 22.2 Å². The number of aryl methyl sites for hydroxylation is 1. The van der Waals surface area contributed by atoms with Crippen LogP contribution in [0.4, 0.5) is 13.2 Å². The second-order valence-electron chi connectivity index (χ2n) is 5.99. The molecule has 1 heterocycles. The summed E-state index contributed by atoms with van der Waals surface area (Å²) in [5.74, 6) is 0. The van der Waals surface area contributed by atoms with Crippen LogP contribution in [0.1, 0.15) is 24.0 Å². The van der Waals surface area contributed by atoms with Crippen LogP contribution in [0.5, 0.6) is 0 Å². The lowest BCUT2D eigenvalue weighted by molar-refractivity contribution is -0.137. The molecule has 0 radical (unpaired) electrons. The maximum absolute atomic E-state index is 13.1. The smallest absolute Gasteiger partial charge is 0.354 e. The van der Waals surface area contributed by atoms with Gasteiger partial charge in [-0.2, -0.15) is 13.2 Å². The molecule has 0 atom stereocenters. The molecule has 0 saturated heterocycles. The molecule has 25 heavy (non-hydrogen) atoms. The summed E-state index contributed by atoms with van der Waals surface area (Å²) in [7, 11) is 0. The minimum Gasteiger partial charge on any atom is -0.354 e. The number of benzene rings is 2. The monoisotopic (exact) mass is 458 g/mol. The van der Waals surface area contributed by atoms with Crippen LogP contribution in [-0.4, -0.2) is 11.5 Å².